The summed E-state index contributed by atoms with van der Waals surface area (Å²) in [5, 5.41) is 2.90. The van der Waals surface area contributed by atoms with Gasteiger partial charge in [-0.05, 0) is 71.5 Å². The molecule has 3 heterocycles. The van der Waals surface area contributed by atoms with Gasteiger partial charge in [-0.2, -0.15) is 0 Å². The van der Waals surface area contributed by atoms with Crippen LogP contribution >= 0.6 is 11.8 Å². The number of piperidine rings is 1. The van der Waals surface area contributed by atoms with E-state index in [4.69, 9.17) is 9.47 Å². The lowest BCUT2D eigenvalue weighted by molar-refractivity contribution is -0.115. The lowest BCUT2D eigenvalue weighted by atomic mass is 9.94. The third-order valence-corrected chi connectivity index (χ3v) is 9.69. The van der Waals surface area contributed by atoms with Crippen LogP contribution in [0.1, 0.15) is 47.2 Å². The quantitative estimate of drug-likeness (QED) is 0.222. The van der Waals surface area contributed by atoms with E-state index in [1.165, 1.54) is 28.7 Å². The summed E-state index contributed by atoms with van der Waals surface area (Å²) >= 11 is 1.63. The topological polar surface area (TPSA) is 80.8 Å². The Hall–Kier alpha value is -4.14. The summed E-state index contributed by atoms with van der Waals surface area (Å²) < 4.78 is 11.0. The first-order valence-electron chi connectivity index (χ1n) is 14.7. The van der Waals surface area contributed by atoms with Gasteiger partial charge >= 0.3 is 5.97 Å². The molecule has 1 amide bonds. The highest BCUT2D eigenvalue weighted by Gasteiger charge is 2.35. The Morgan fingerprint density at radius 2 is 1.77 bits per heavy atom. The Bertz CT molecular complexity index is 1590. The highest BCUT2D eigenvalue weighted by Crippen LogP contribution is 2.47. The highest BCUT2D eigenvalue weighted by atomic mass is 32.2. The molecule has 1 saturated heterocycles. The fourth-order valence-electron chi connectivity index (χ4n) is 5.74. The molecule has 1 N–H and O–H groups in total. The van der Waals surface area contributed by atoms with Crippen molar-refractivity contribution in [2.45, 2.75) is 48.5 Å². The highest BCUT2D eigenvalue weighted by molar-refractivity contribution is 8.01. The van der Waals surface area contributed by atoms with Gasteiger partial charge in [-0.25, -0.2) is 9.78 Å². The summed E-state index contributed by atoms with van der Waals surface area (Å²) in [6.45, 7) is 4.27. The number of esters is 1. The predicted molar refractivity (Wildman–Crippen MR) is 171 cm³/mol. The summed E-state index contributed by atoms with van der Waals surface area (Å²) in [7, 11) is 1.38. The van der Waals surface area contributed by atoms with Crippen molar-refractivity contribution in [3.05, 3.63) is 108 Å². The van der Waals surface area contributed by atoms with Crippen LogP contribution in [-0.4, -0.2) is 48.4 Å². The molecule has 2 unspecified atom stereocenters. The van der Waals surface area contributed by atoms with E-state index in [0.29, 0.717) is 17.9 Å². The molecule has 0 saturated carbocycles. The van der Waals surface area contributed by atoms with Crippen LogP contribution in [0.2, 0.25) is 0 Å². The van der Waals surface area contributed by atoms with Crippen LogP contribution < -0.4 is 10.2 Å². The maximum absolute atomic E-state index is 13.3. The van der Waals surface area contributed by atoms with Crippen LogP contribution in [0.25, 0.3) is 11.1 Å². The molecule has 0 bridgehead atoms. The van der Waals surface area contributed by atoms with Gasteiger partial charge in [0.1, 0.15) is 5.82 Å². The molecule has 1 aromatic heterocycles. The summed E-state index contributed by atoms with van der Waals surface area (Å²) in [5.41, 5.74) is 5.77. The van der Waals surface area contributed by atoms with Gasteiger partial charge in [0.05, 0.1) is 42.5 Å². The minimum absolute atomic E-state index is 0.000373. The third kappa shape index (κ3) is 6.60. The number of nitrogens with zero attached hydrogens (tertiary/aromatic N) is 2. The standard InChI is InChI=1S/C35H35N3O4S/c1-23-30-20-26(25-8-4-3-5-9-25)11-13-31(30)43-33(23)34(39)37-28-12-14-32(36-21-28)38-17-15-29(16-18-38)42-22-24-7-6-10-27(19-24)35(40)41-2/h3-14,19-21,23,29,33H,15-18,22H2,1-2H3,(H,37,39). The number of carbonyl (C=O) groups is 2. The van der Waals surface area contributed by atoms with Crippen LogP contribution in [0.15, 0.2) is 96.0 Å². The van der Waals surface area contributed by atoms with Gasteiger partial charge in [0, 0.05) is 23.9 Å². The zero-order valence-electron chi connectivity index (χ0n) is 24.4. The maximum atomic E-state index is 13.3. The monoisotopic (exact) mass is 593 g/mol. The molecule has 8 heteroatoms. The number of thioether (sulfide) groups is 1. The maximum Gasteiger partial charge on any atom is 0.337 e. The van der Waals surface area contributed by atoms with E-state index in [1.807, 2.05) is 48.5 Å². The molecule has 7 nitrogen and oxygen atoms in total. The summed E-state index contributed by atoms with van der Waals surface area (Å²) in [4.78, 5) is 33.2. The molecule has 1 fully saturated rings. The predicted octanol–water partition coefficient (Wildman–Crippen LogP) is 6.94. The Kier molecular flexibility index (Phi) is 8.77. The molecule has 2 aliphatic heterocycles. The van der Waals surface area contributed by atoms with Crippen molar-refractivity contribution in [2.75, 3.05) is 30.4 Å². The lowest BCUT2D eigenvalue weighted by Gasteiger charge is -2.32. The number of pyridine rings is 1. The van der Waals surface area contributed by atoms with Crippen molar-refractivity contribution in [3.8, 4) is 11.1 Å². The number of fused-ring (bicyclic) bond motifs is 1. The Morgan fingerprint density at radius 1 is 0.953 bits per heavy atom. The second-order valence-corrected chi connectivity index (χ2v) is 12.2. The lowest BCUT2D eigenvalue weighted by Crippen LogP contribution is -2.37. The molecule has 6 rings (SSSR count). The van der Waals surface area contributed by atoms with Gasteiger partial charge in [0.25, 0.3) is 0 Å². The molecule has 0 radical (unpaired) electrons. The molecule has 2 atom stereocenters. The van der Waals surface area contributed by atoms with Gasteiger partial charge in [-0.3, -0.25) is 4.79 Å². The van der Waals surface area contributed by atoms with Gasteiger partial charge in [-0.15, -0.1) is 11.8 Å². The minimum atomic E-state index is -0.344. The Balaban J connectivity index is 0.995. The summed E-state index contributed by atoms with van der Waals surface area (Å²) in [5.74, 6) is 0.658. The van der Waals surface area contributed by atoms with E-state index < -0.39 is 0 Å². The fraction of sp³-hybridized carbons (Fsp3) is 0.286. The number of rotatable bonds is 8. The van der Waals surface area contributed by atoms with Crippen molar-refractivity contribution in [1.29, 1.82) is 0 Å². The van der Waals surface area contributed by atoms with Crippen molar-refractivity contribution in [1.82, 2.24) is 4.98 Å². The average molecular weight is 594 g/mol. The van der Waals surface area contributed by atoms with Crippen molar-refractivity contribution < 1.29 is 19.1 Å². The second-order valence-electron chi connectivity index (χ2n) is 11.0. The second kappa shape index (κ2) is 13.0. The zero-order valence-corrected chi connectivity index (χ0v) is 25.2. The summed E-state index contributed by atoms with van der Waals surface area (Å²) in [6, 6.07) is 28.1. The number of hydrogen-bond acceptors (Lipinski definition) is 7. The number of hydrogen-bond donors (Lipinski definition) is 1. The number of benzene rings is 3. The van der Waals surface area contributed by atoms with E-state index in [-0.39, 0.29) is 29.1 Å². The molecule has 2 aliphatic rings. The molecule has 3 aromatic carbocycles. The first-order valence-corrected chi connectivity index (χ1v) is 15.5. The van der Waals surface area contributed by atoms with E-state index >= 15 is 0 Å². The number of anilines is 2. The largest absolute Gasteiger partial charge is 0.465 e. The van der Waals surface area contributed by atoms with Crippen LogP contribution in [0.5, 0.6) is 0 Å². The van der Waals surface area contributed by atoms with Gasteiger partial charge in [0.2, 0.25) is 5.91 Å². The van der Waals surface area contributed by atoms with E-state index in [0.717, 1.165) is 37.3 Å². The molecule has 0 spiro atoms. The Morgan fingerprint density at radius 3 is 2.51 bits per heavy atom. The number of methoxy groups -OCH3 is 1. The minimum Gasteiger partial charge on any atom is -0.465 e. The van der Waals surface area contributed by atoms with Crippen molar-refractivity contribution in [2.24, 2.45) is 0 Å². The smallest absolute Gasteiger partial charge is 0.337 e. The number of ether oxygens (including phenoxy) is 2. The molecule has 4 aromatic rings. The SMILES string of the molecule is COC(=O)c1cccc(COC2CCN(c3ccc(NC(=O)C4Sc5ccc(-c6ccccc6)cc5C4C)cn3)CC2)c1. The van der Waals surface area contributed by atoms with Crippen LogP contribution in [0.3, 0.4) is 0 Å². The Labute approximate surface area is 256 Å². The third-order valence-electron chi connectivity index (χ3n) is 8.19. The van der Waals surface area contributed by atoms with Crippen molar-refractivity contribution in [3.63, 3.8) is 0 Å². The molecule has 0 aliphatic carbocycles. The zero-order chi connectivity index (χ0) is 29.8. The van der Waals surface area contributed by atoms with Gasteiger partial charge in [-0.1, -0.05) is 55.5 Å². The molecule has 220 valence electrons. The molecular formula is C35H35N3O4S. The van der Waals surface area contributed by atoms with E-state index in [2.05, 4.69) is 52.5 Å². The normalized spacial score (nSPS) is 18.2. The summed E-state index contributed by atoms with van der Waals surface area (Å²) in [6.07, 6.45) is 3.67. The van der Waals surface area contributed by atoms with Crippen LogP contribution in [0, 0.1) is 0 Å². The fourth-order valence-corrected chi connectivity index (χ4v) is 7.05. The molecular weight excluding hydrogens is 558 g/mol. The van der Waals surface area contributed by atoms with Crippen molar-refractivity contribution >= 4 is 35.1 Å². The number of carbonyl (C=O) groups excluding carboxylic acids is 2. The number of aromatic nitrogens is 1. The number of nitrogens with one attached hydrogen (secondary N) is 1. The van der Waals surface area contributed by atoms with Gasteiger partial charge < -0.3 is 19.7 Å². The van der Waals surface area contributed by atoms with E-state index in [9.17, 15) is 9.59 Å². The van der Waals surface area contributed by atoms with Crippen LogP contribution in [-0.2, 0) is 20.9 Å². The number of amides is 1. The van der Waals surface area contributed by atoms with E-state index in [1.54, 1.807) is 24.0 Å². The van der Waals surface area contributed by atoms with Gasteiger partial charge in [0.15, 0.2) is 0 Å². The molecule has 43 heavy (non-hydrogen) atoms. The first kappa shape index (κ1) is 29.0. The van der Waals surface area contributed by atoms with Crippen LogP contribution in [0.4, 0.5) is 11.5 Å². The average Bonchev–Trinajstić information content (AvgIpc) is 3.40. The first-order chi connectivity index (χ1) is 21.0.